The highest BCUT2D eigenvalue weighted by Crippen LogP contribution is 2.23. The first-order valence-corrected chi connectivity index (χ1v) is 7.87. The highest BCUT2D eigenvalue weighted by atomic mass is 19.1. The molecule has 0 aromatic heterocycles. The molecule has 0 saturated heterocycles. The number of halogens is 1. The van der Waals surface area contributed by atoms with Crippen LogP contribution >= 0.6 is 0 Å². The van der Waals surface area contributed by atoms with E-state index in [9.17, 15) is 4.39 Å². The molecule has 2 aromatic carbocycles. The van der Waals surface area contributed by atoms with Gasteiger partial charge in [-0.1, -0.05) is 18.2 Å². The maximum Gasteiger partial charge on any atom is 0.123 e. The van der Waals surface area contributed by atoms with Crippen LogP contribution in [0.15, 0.2) is 42.5 Å². The van der Waals surface area contributed by atoms with E-state index < -0.39 is 0 Å². The molecular formula is C19H22FNO. The first-order valence-electron chi connectivity index (χ1n) is 7.87. The Bertz CT molecular complexity index is 641. The van der Waals surface area contributed by atoms with Gasteiger partial charge < -0.3 is 4.74 Å². The third-order valence-electron chi connectivity index (χ3n) is 4.33. The van der Waals surface area contributed by atoms with Crippen LogP contribution in [0, 0.1) is 5.82 Å². The van der Waals surface area contributed by atoms with E-state index in [1.807, 2.05) is 12.1 Å². The molecule has 22 heavy (non-hydrogen) atoms. The number of aryl methyl sites for hydroxylation is 1. The van der Waals surface area contributed by atoms with Gasteiger partial charge in [0.25, 0.3) is 0 Å². The summed E-state index contributed by atoms with van der Waals surface area (Å²) in [6.45, 7) is 3.15. The van der Waals surface area contributed by atoms with Crippen LogP contribution in [0.25, 0.3) is 0 Å². The Morgan fingerprint density at radius 3 is 2.86 bits per heavy atom. The zero-order chi connectivity index (χ0) is 15.4. The lowest BCUT2D eigenvalue weighted by Gasteiger charge is -2.29. The summed E-state index contributed by atoms with van der Waals surface area (Å²) in [5, 5.41) is 0. The lowest BCUT2D eigenvalue weighted by molar-refractivity contribution is 0.251. The van der Waals surface area contributed by atoms with Crippen LogP contribution in [0.1, 0.15) is 23.1 Å². The third kappa shape index (κ3) is 3.66. The number of hydrogen-bond acceptors (Lipinski definition) is 2. The standard InChI is InChI=1S/C19H22FNO/c1-22-19-8-7-17-14-21(11-9-16(17)13-19)10-3-5-15-4-2-6-18(20)12-15/h2,4,6-8,12-13H,3,5,9-11,14H2,1H3. The molecule has 0 atom stereocenters. The van der Waals surface area contributed by atoms with Crippen molar-refractivity contribution in [1.82, 2.24) is 4.90 Å². The summed E-state index contributed by atoms with van der Waals surface area (Å²) in [5.74, 6) is 0.802. The first-order chi connectivity index (χ1) is 10.7. The third-order valence-corrected chi connectivity index (χ3v) is 4.33. The SMILES string of the molecule is COc1ccc2c(c1)CCN(CCCc1cccc(F)c1)C2. The molecule has 116 valence electrons. The number of fused-ring (bicyclic) bond motifs is 1. The van der Waals surface area contributed by atoms with Crippen LogP contribution in [0.2, 0.25) is 0 Å². The second kappa shape index (κ2) is 6.93. The second-order valence-corrected chi connectivity index (χ2v) is 5.89. The molecule has 1 aliphatic rings. The molecule has 0 unspecified atom stereocenters. The molecule has 2 aromatic rings. The molecule has 0 aliphatic carbocycles. The number of benzene rings is 2. The largest absolute Gasteiger partial charge is 0.497 e. The van der Waals surface area contributed by atoms with Crippen molar-refractivity contribution < 1.29 is 9.13 Å². The van der Waals surface area contributed by atoms with E-state index in [2.05, 4.69) is 17.0 Å². The van der Waals surface area contributed by atoms with Gasteiger partial charge in [-0.05, 0) is 66.8 Å². The molecule has 1 heterocycles. The first kappa shape index (κ1) is 15.0. The van der Waals surface area contributed by atoms with Crippen molar-refractivity contribution in [3.63, 3.8) is 0 Å². The Morgan fingerprint density at radius 1 is 1.14 bits per heavy atom. The number of hydrogen-bond donors (Lipinski definition) is 0. The van der Waals surface area contributed by atoms with Crippen molar-refractivity contribution in [1.29, 1.82) is 0 Å². The monoisotopic (exact) mass is 299 g/mol. The summed E-state index contributed by atoms with van der Waals surface area (Å²) in [7, 11) is 1.71. The normalized spacial score (nSPS) is 14.6. The lowest BCUT2D eigenvalue weighted by atomic mass is 9.99. The number of rotatable bonds is 5. The maximum atomic E-state index is 13.2. The van der Waals surface area contributed by atoms with Crippen molar-refractivity contribution >= 4 is 0 Å². The van der Waals surface area contributed by atoms with Crippen LogP contribution in [0.4, 0.5) is 4.39 Å². The Balaban J connectivity index is 1.52. The second-order valence-electron chi connectivity index (χ2n) is 5.89. The molecule has 0 bridgehead atoms. The number of ether oxygens (including phenoxy) is 1. The van der Waals surface area contributed by atoms with Gasteiger partial charge in [-0.3, -0.25) is 4.90 Å². The fourth-order valence-corrected chi connectivity index (χ4v) is 3.10. The summed E-state index contributed by atoms with van der Waals surface area (Å²) in [6.07, 6.45) is 3.07. The fourth-order valence-electron chi connectivity index (χ4n) is 3.10. The molecule has 0 spiro atoms. The van der Waals surface area contributed by atoms with Crippen molar-refractivity contribution in [2.24, 2.45) is 0 Å². The summed E-state index contributed by atoms with van der Waals surface area (Å²) < 4.78 is 18.4. The Labute approximate surface area is 131 Å². The smallest absolute Gasteiger partial charge is 0.123 e. The van der Waals surface area contributed by atoms with Gasteiger partial charge in [-0.25, -0.2) is 4.39 Å². The van der Waals surface area contributed by atoms with Gasteiger partial charge in [0.1, 0.15) is 11.6 Å². The highest BCUT2D eigenvalue weighted by molar-refractivity contribution is 5.37. The van der Waals surface area contributed by atoms with E-state index in [4.69, 9.17) is 4.74 Å². The average molecular weight is 299 g/mol. The van der Waals surface area contributed by atoms with Gasteiger partial charge in [0.2, 0.25) is 0 Å². The molecule has 3 heteroatoms. The van der Waals surface area contributed by atoms with E-state index in [-0.39, 0.29) is 5.82 Å². The Kier molecular flexibility index (Phi) is 4.74. The molecule has 3 rings (SSSR count). The van der Waals surface area contributed by atoms with Gasteiger partial charge in [-0.15, -0.1) is 0 Å². The van der Waals surface area contributed by atoms with Crippen LogP contribution in [0.5, 0.6) is 5.75 Å². The van der Waals surface area contributed by atoms with Crippen molar-refractivity contribution in [3.8, 4) is 5.75 Å². The molecular weight excluding hydrogens is 277 g/mol. The number of nitrogens with zero attached hydrogens (tertiary/aromatic N) is 1. The van der Waals surface area contributed by atoms with Gasteiger partial charge in [0.15, 0.2) is 0 Å². The summed E-state index contributed by atoms with van der Waals surface area (Å²) in [6, 6.07) is 13.3. The van der Waals surface area contributed by atoms with E-state index in [0.717, 1.165) is 50.2 Å². The van der Waals surface area contributed by atoms with Crippen LogP contribution in [-0.4, -0.2) is 25.1 Å². The minimum atomic E-state index is -0.140. The quantitative estimate of drug-likeness (QED) is 0.832. The summed E-state index contributed by atoms with van der Waals surface area (Å²) in [4.78, 5) is 2.48. The van der Waals surface area contributed by atoms with Gasteiger partial charge in [-0.2, -0.15) is 0 Å². The van der Waals surface area contributed by atoms with E-state index in [1.54, 1.807) is 19.2 Å². The zero-order valence-electron chi connectivity index (χ0n) is 13.0. The predicted molar refractivity (Wildman–Crippen MR) is 86.7 cm³/mol. The average Bonchev–Trinajstić information content (AvgIpc) is 2.54. The van der Waals surface area contributed by atoms with E-state index in [0.29, 0.717) is 0 Å². The topological polar surface area (TPSA) is 12.5 Å². The van der Waals surface area contributed by atoms with Crippen molar-refractivity contribution in [2.75, 3.05) is 20.2 Å². The van der Waals surface area contributed by atoms with Crippen LogP contribution in [-0.2, 0) is 19.4 Å². The molecule has 0 saturated carbocycles. The minimum Gasteiger partial charge on any atom is -0.497 e. The Hall–Kier alpha value is -1.87. The fraction of sp³-hybridized carbons (Fsp3) is 0.368. The minimum absolute atomic E-state index is 0.140. The predicted octanol–water partition coefficient (Wildman–Crippen LogP) is 3.83. The van der Waals surface area contributed by atoms with Crippen LogP contribution < -0.4 is 4.74 Å². The summed E-state index contributed by atoms with van der Waals surface area (Å²) >= 11 is 0. The van der Waals surface area contributed by atoms with Gasteiger partial charge >= 0.3 is 0 Å². The van der Waals surface area contributed by atoms with E-state index in [1.165, 1.54) is 17.2 Å². The maximum absolute atomic E-state index is 13.2. The molecule has 2 nitrogen and oxygen atoms in total. The molecule has 0 N–H and O–H groups in total. The van der Waals surface area contributed by atoms with Crippen molar-refractivity contribution in [2.45, 2.75) is 25.8 Å². The Morgan fingerprint density at radius 2 is 2.05 bits per heavy atom. The van der Waals surface area contributed by atoms with E-state index >= 15 is 0 Å². The van der Waals surface area contributed by atoms with Gasteiger partial charge in [0.05, 0.1) is 7.11 Å². The summed E-state index contributed by atoms with van der Waals surface area (Å²) in [5.41, 5.74) is 3.89. The molecule has 0 radical (unpaired) electrons. The van der Waals surface area contributed by atoms with Gasteiger partial charge in [0, 0.05) is 13.1 Å². The molecule has 1 aliphatic heterocycles. The van der Waals surface area contributed by atoms with Crippen molar-refractivity contribution in [3.05, 3.63) is 65.0 Å². The number of methoxy groups -OCH3 is 1. The molecule has 0 fully saturated rings. The highest BCUT2D eigenvalue weighted by Gasteiger charge is 2.16. The molecule has 0 amide bonds. The van der Waals surface area contributed by atoms with Crippen LogP contribution in [0.3, 0.4) is 0 Å². The zero-order valence-corrected chi connectivity index (χ0v) is 13.0. The lowest BCUT2D eigenvalue weighted by Crippen LogP contribution is -2.31.